The van der Waals surface area contributed by atoms with E-state index in [2.05, 4.69) is 46.1 Å². The standard InChI is InChI=1S/C11H18.C2H6.C2H4/c1-4-6-11-8-9(3)7-10(11)5-2;2*1-2/h5-6,9H,4,7-8H2,1-3H3;1-2H3;1-2H2/b10-5-,11-6-;;. The van der Waals surface area contributed by atoms with Gasteiger partial charge in [0.05, 0.1) is 0 Å². The molecule has 0 aromatic heterocycles. The summed E-state index contributed by atoms with van der Waals surface area (Å²) in [7, 11) is 0. The number of hydrogen-bond acceptors (Lipinski definition) is 0. The maximum atomic E-state index is 3.00. The lowest BCUT2D eigenvalue weighted by Gasteiger charge is -1.96. The summed E-state index contributed by atoms with van der Waals surface area (Å²) in [6, 6.07) is 0. The van der Waals surface area contributed by atoms with Crippen LogP contribution in [0.2, 0.25) is 0 Å². The van der Waals surface area contributed by atoms with Crippen molar-refractivity contribution in [3.05, 3.63) is 36.5 Å². The molecule has 0 aliphatic heterocycles. The molecule has 0 spiro atoms. The molecule has 0 heteroatoms. The number of rotatable bonds is 1. The van der Waals surface area contributed by atoms with Gasteiger partial charge in [-0.15, -0.1) is 13.2 Å². The molecule has 0 aromatic carbocycles. The third kappa shape index (κ3) is 6.33. The summed E-state index contributed by atoms with van der Waals surface area (Å²) in [5.41, 5.74) is 3.18. The van der Waals surface area contributed by atoms with Gasteiger partial charge in [0.15, 0.2) is 0 Å². The zero-order chi connectivity index (χ0) is 12.3. The highest BCUT2D eigenvalue weighted by Gasteiger charge is 2.18. The molecule has 15 heavy (non-hydrogen) atoms. The first-order valence-electron chi connectivity index (χ1n) is 6.12. The quantitative estimate of drug-likeness (QED) is 0.497. The Kier molecular flexibility index (Phi) is 12.5. The summed E-state index contributed by atoms with van der Waals surface area (Å²) in [6.07, 6.45) is 8.42. The van der Waals surface area contributed by atoms with E-state index >= 15 is 0 Å². The second-order valence-electron chi connectivity index (χ2n) is 3.46. The zero-order valence-corrected chi connectivity index (χ0v) is 11.3. The highest BCUT2D eigenvalue weighted by Crippen LogP contribution is 2.34. The number of hydrogen-bond donors (Lipinski definition) is 0. The van der Waals surface area contributed by atoms with Crippen LogP contribution in [-0.4, -0.2) is 0 Å². The maximum absolute atomic E-state index is 3.00. The topological polar surface area (TPSA) is 0 Å². The van der Waals surface area contributed by atoms with Crippen molar-refractivity contribution in [2.45, 2.75) is 53.9 Å². The SMILES string of the molecule is C/C=C1/CC(C)C/C1=C/CC.C=C.CC. The Morgan fingerprint density at radius 1 is 1.20 bits per heavy atom. The molecule has 88 valence electrons. The average molecular weight is 208 g/mol. The number of allylic oxidation sites excluding steroid dienone is 4. The van der Waals surface area contributed by atoms with Crippen LogP contribution in [0.1, 0.15) is 53.9 Å². The molecular weight excluding hydrogens is 180 g/mol. The van der Waals surface area contributed by atoms with Crippen molar-refractivity contribution in [2.24, 2.45) is 5.92 Å². The van der Waals surface area contributed by atoms with Gasteiger partial charge >= 0.3 is 0 Å². The molecule has 0 bridgehead atoms. The summed E-state index contributed by atoms with van der Waals surface area (Å²) < 4.78 is 0. The lowest BCUT2D eigenvalue weighted by atomic mass is 10.1. The van der Waals surface area contributed by atoms with E-state index in [-0.39, 0.29) is 0 Å². The first-order chi connectivity index (χ1) is 7.27. The molecule has 1 aliphatic rings. The Bertz CT molecular complexity index is 196. The molecule has 0 aromatic rings. The highest BCUT2D eigenvalue weighted by atomic mass is 14.2. The van der Waals surface area contributed by atoms with Crippen molar-refractivity contribution in [1.29, 1.82) is 0 Å². The van der Waals surface area contributed by atoms with Crippen LogP contribution in [-0.2, 0) is 0 Å². The first-order valence-corrected chi connectivity index (χ1v) is 6.12. The summed E-state index contributed by atoms with van der Waals surface area (Å²) in [5, 5.41) is 0. The van der Waals surface area contributed by atoms with E-state index in [4.69, 9.17) is 0 Å². The smallest absolute Gasteiger partial charge is 0.0250 e. The van der Waals surface area contributed by atoms with Crippen molar-refractivity contribution in [2.75, 3.05) is 0 Å². The molecule has 1 rings (SSSR count). The molecule has 0 N–H and O–H groups in total. The third-order valence-corrected chi connectivity index (χ3v) is 2.35. The minimum atomic E-state index is 0.874. The van der Waals surface area contributed by atoms with Crippen molar-refractivity contribution >= 4 is 0 Å². The largest absolute Gasteiger partial charge is 0.106 e. The lowest BCUT2D eigenvalue weighted by molar-refractivity contribution is 0.640. The predicted molar refractivity (Wildman–Crippen MR) is 73.1 cm³/mol. The average Bonchev–Trinajstić information content (AvgIpc) is 2.65. The third-order valence-electron chi connectivity index (χ3n) is 2.35. The van der Waals surface area contributed by atoms with E-state index in [0.717, 1.165) is 5.92 Å². The second-order valence-corrected chi connectivity index (χ2v) is 3.46. The van der Waals surface area contributed by atoms with E-state index in [0.29, 0.717) is 0 Å². The maximum Gasteiger partial charge on any atom is -0.0250 e. The van der Waals surface area contributed by atoms with E-state index in [1.165, 1.54) is 19.3 Å². The normalized spacial score (nSPS) is 24.2. The van der Waals surface area contributed by atoms with E-state index in [1.54, 1.807) is 11.1 Å². The first kappa shape index (κ1) is 16.6. The molecule has 0 amide bonds. The second kappa shape index (κ2) is 11.3. The van der Waals surface area contributed by atoms with Gasteiger partial charge in [-0.1, -0.05) is 39.8 Å². The molecule has 1 atom stereocenters. The molecule has 1 fully saturated rings. The summed E-state index contributed by atoms with van der Waals surface area (Å²) in [5.74, 6) is 0.874. The van der Waals surface area contributed by atoms with Gasteiger partial charge in [-0.3, -0.25) is 0 Å². The van der Waals surface area contributed by atoms with Gasteiger partial charge in [0, 0.05) is 0 Å². The minimum Gasteiger partial charge on any atom is -0.106 e. The molecule has 0 radical (unpaired) electrons. The molecular formula is C15H28. The molecule has 0 nitrogen and oxygen atoms in total. The van der Waals surface area contributed by atoms with E-state index < -0.39 is 0 Å². The Morgan fingerprint density at radius 3 is 2.07 bits per heavy atom. The van der Waals surface area contributed by atoms with Crippen molar-refractivity contribution in [1.82, 2.24) is 0 Å². The van der Waals surface area contributed by atoms with Gasteiger partial charge < -0.3 is 0 Å². The summed E-state index contributed by atoms with van der Waals surface area (Å²) >= 11 is 0. The van der Waals surface area contributed by atoms with Gasteiger partial charge in [-0.2, -0.15) is 0 Å². The molecule has 0 saturated heterocycles. The fraction of sp³-hybridized carbons (Fsp3) is 0.600. The lowest BCUT2D eigenvalue weighted by Crippen LogP contribution is -1.80. The van der Waals surface area contributed by atoms with Gasteiger partial charge in [-0.05, 0) is 43.3 Å². The van der Waals surface area contributed by atoms with E-state index in [9.17, 15) is 0 Å². The molecule has 1 aliphatic carbocycles. The molecule has 0 heterocycles. The Labute approximate surface area is 96.8 Å². The summed E-state index contributed by atoms with van der Waals surface area (Å²) in [4.78, 5) is 0. The predicted octanol–water partition coefficient (Wildman–Crippen LogP) is 5.53. The van der Waals surface area contributed by atoms with Crippen LogP contribution in [0.5, 0.6) is 0 Å². The van der Waals surface area contributed by atoms with Crippen LogP contribution in [0.4, 0.5) is 0 Å². The van der Waals surface area contributed by atoms with Crippen molar-refractivity contribution in [3.63, 3.8) is 0 Å². The zero-order valence-electron chi connectivity index (χ0n) is 11.3. The van der Waals surface area contributed by atoms with Crippen LogP contribution in [0.3, 0.4) is 0 Å². The Balaban J connectivity index is 0. The fourth-order valence-electron chi connectivity index (χ4n) is 1.85. The van der Waals surface area contributed by atoms with Gasteiger partial charge in [0.25, 0.3) is 0 Å². The van der Waals surface area contributed by atoms with Gasteiger partial charge in [-0.25, -0.2) is 0 Å². The van der Waals surface area contributed by atoms with Crippen molar-refractivity contribution in [3.8, 4) is 0 Å². The molecule has 1 saturated carbocycles. The highest BCUT2D eigenvalue weighted by molar-refractivity contribution is 5.35. The fourth-order valence-corrected chi connectivity index (χ4v) is 1.85. The van der Waals surface area contributed by atoms with Crippen LogP contribution in [0.15, 0.2) is 36.5 Å². The van der Waals surface area contributed by atoms with Crippen LogP contribution >= 0.6 is 0 Å². The van der Waals surface area contributed by atoms with Crippen LogP contribution in [0.25, 0.3) is 0 Å². The van der Waals surface area contributed by atoms with E-state index in [1.807, 2.05) is 13.8 Å². The monoisotopic (exact) mass is 208 g/mol. The van der Waals surface area contributed by atoms with Crippen molar-refractivity contribution < 1.29 is 0 Å². The Hall–Kier alpha value is -0.780. The Morgan fingerprint density at radius 2 is 1.67 bits per heavy atom. The van der Waals surface area contributed by atoms with Crippen LogP contribution < -0.4 is 0 Å². The van der Waals surface area contributed by atoms with Gasteiger partial charge in [0.2, 0.25) is 0 Å². The summed E-state index contributed by atoms with van der Waals surface area (Å²) in [6.45, 7) is 16.7. The van der Waals surface area contributed by atoms with Gasteiger partial charge in [0.1, 0.15) is 0 Å². The molecule has 1 unspecified atom stereocenters. The minimum absolute atomic E-state index is 0.874. The van der Waals surface area contributed by atoms with Crippen LogP contribution in [0, 0.1) is 5.92 Å².